The Labute approximate surface area is 312 Å². The number of hydrogen-bond donors (Lipinski definition) is 0. The molecule has 0 unspecified atom stereocenters. The first-order valence-electron chi connectivity index (χ1n) is 16.9. The molecule has 9 rings (SSSR count). The van der Waals surface area contributed by atoms with Crippen molar-refractivity contribution in [3.8, 4) is 28.4 Å². The zero-order valence-electron chi connectivity index (χ0n) is 29.1. The molecule has 256 valence electrons. The Morgan fingerprint density at radius 3 is 2.29 bits per heavy atom. The van der Waals surface area contributed by atoms with E-state index in [0.29, 0.717) is 11.5 Å². The normalized spacial score (nSPS) is 12.9. The van der Waals surface area contributed by atoms with Crippen molar-refractivity contribution in [3.63, 3.8) is 0 Å². The third-order valence-corrected chi connectivity index (χ3v) is 9.73. The summed E-state index contributed by atoms with van der Waals surface area (Å²) in [7, 11) is 4.13. The van der Waals surface area contributed by atoms with Gasteiger partial charge in [0, 0.05) is 80.3 Å². The molecule has 5 aromatic carbocycles. The third kappa shape index (κ3) is 5.68. The molecule has 4 heterocycles. The first-order valence-corrected chi connectivity index (χ1v) is 16.9. The molecule has 0 N–H and O–H groups in total. The zero-order chi connectivity index (χ0) is 34.1. The second-order valence-electron chi connectivity index (χ2n) is 14.1. The molecule has 6 nitrogen and oxygen atoms in total. The number of hydrogen-bond acceptors (Lipinski definition) is 4. The van der Waals surface area contributed by atoms with E-state index in [1.54, 1.807) is 0 Å². The maximum atomic E-state index is 6.69. The predicted octanol–water partition coefficient (Wildman–Crippen LogP) is 10.7. The van der Waals surface area contributed by atoms with Crippen LogP contribution in [-0.2, 0) is 33.5 Å². The summed E-state index contributed by atoms with van der Waals surface area (Å²) in [4.78, 5) is 9.26. The summed E-state index contributed by atoms with van der Waals surface area (Å²) in [6.07, 6.45) is 4.01. The molecule has 0 amide bonds. The molecule has 0 radical (unpaired) electrons. The van der Waals surface area contributed by atoms with Crippen LogP contribution < -0.4 is 14.5 Å². The second kappa shape index (κ2) is 12.5. The number of anilines is 3. The number of nitrogens with zero attached hydrogens (tertiary/aromatic N) is 5. The Bertz CT molecular complexity index is 2580. The fraction of sp³-hybridized carbons (Fsp3) is 0.136. The van der Waals surface area contributed by atoms with E-state index in [1.807, 2.05) is 18.3 Å². The quantitative estimate of drug-likeness (QED) is 0.162. The zero-order valence-corrected chi connectivity index (χ0v) is 31.4. The largest absolute Gasteiger partial charge is 0.509 e. The number of aromatic nitrogens is 3. The Morgan fingerprint density at radius 1 is 0.706 bits per heavy atom. The van der Waals surface area contributed by atoms with E-state index in [-0.39, 0.29) is 26.5 Å². The molecule has 8 aromatic rings. The van der Waals surface area contributed by atoms with Crippen LogP contribution in [0.1, 0.15) is 26.3 Å². The molecule has 0 saturated carbocycles. The Balaban J connectivity index is 0.00000374. The van der Waals surface area contributed by atoms with Crippen LogP contribution in [0.2, 0.25) is 0 Å². The Hall–Kier alpha value is -5.32. The molecule has 1 aliphatic heterocycles. The average Bonchev–Trinajstić information content (AvgIpc) is 3.78. The van der Waals surface area contributed by atoms with Gasteiger partial charge in [-0.25, -0.2) is 4.98 Å². The van der Waals surface area contributed by atoms with Crippen molar-refractivity contribution in [2.24, 2.45) is 7.05 Å². The standard InChI is InChI=1S/C44H36N5O.Pt/c1-44(2,3)32-22-33(48-28-47(5)39-13-9-10-14-40(39)48)24-35(23-32)50-34-16-17-36-37-21-30(29-11-7-6-8-12-29)15-18-38(37)49(42(36)25-34)43-26-41-31(27-45-43)19-20-46(41)4;/h6-23,26-28H,1-5H3;/q-3;. The maximum Gasteiger partial charge on any atom is 0.137 e. The molecule has 3 aromatic heterocycles. The molecule has 0 spiro atoms. The minimum atomic E-state index is -0.106. The number of benzene rings is 5. The van der Waals surface area contributed by atoms with Crippen LogP contribution in [-0.4, -0.2) is 21.2 Å². The number of ether oxygens (including phenoxy) is 1. The Kier molecular flexibility index (Phi) is 8.03. The van der Waals surface area contributed by atoms with Crippen molar-refractivity contribution in [3.05, 3.63) is 146 Å². The van der Waals surface area contributed by atoms with Crippen LogP contribution in [0, 0.1) is 18.8 Å². The predicted molar refractivity (Wildman–Crippen MR) is 205 cm³/mol. The number of rotatable bonds is 5. The molecule has 1 aliphatic rings. The van der Waals surface area contributed by atoms with Gasteiger partial charge in [-0.15, -0.1) is 47.0 Å². The summed E-state index contributed by atoms with van der Waals surface area (Å²) in [5, 5.41) is 3.32. The summed E-state index contributed by atoms with van der Waals surface area (Å²) >= 11 is 0. The van der Waals surface area contributed by atoms with E-state index in [4.69, 9.17) is 9.72 Å². The van der Waals surface area contributed by atoms with Crippen molar-refractivity contribution in [1.29, 1.82) is 0 Å². The van der Waals surface area contributed by atoms with Gasteiger partial charge in [0.25, 0.3) is 0 Å². The van der Waals surface area contributed by atoms with Gasteiger partial charge in [-0.05, 0) is 53.2 Å². The topological polar surface area (TPSA) is 38.5 Å². The van der Waals surface area contributed by atoms with E-state index in [0.717, 1.165) is 66.7 Å². The molecular formula is C44H36N5OPt-3. The molecule has 0 saturated heterocycles. The SMILES string of the molecule is CN1[CH-]N(c2[c-]c(Oc3[c-]c4c(cc3)c3cc(-c5ccccc5)ccc3n4-c3cc4c(ccn4C)cn3)cc(C(C)(C)C)c2)c2ccccc21.[Pt]. The summed E-state index contributed by atoms with van der Waals surface area (Å²) in [5.74, 6) is 2.08. The summed E-state index contributed by atoms with van der Waals surface area (Å²) in [5.41, 5.74) is 9.65. The number of pyridine rings is 1. The van der Waals surface area contributed by atoms with Crippen molar-refractivity contribution >= 4 is 49.8 Å². The van der Waals surface area contributed by atoms with E-state index < -0.39 is 0 Å². The average molecular weight is 846 g/mol. The van der Waals surface area contributed by atoms with Gasteiger partial charge in [0.15, 0.2) is 0 Å². The Morgan fingerprint density at radius 2 is 1.49 bits per heavy atom. The summed E-state index contributed by atoms with van der Waals surface area (Å²) in [6, 6.07) is 45.5. The minimum Gasteiger partial charge on any atom is -0.509 e. The minimum absolute atomic E-state index is 0. The molecule has 0 bridgehead atoms. The molecular weight excluding hydrogens is 810 g/mol. The van der Waals surface area contributed by atoms with Gasteiger partial charge in [0.05, 0.1) is 5.52 Å². The molecule has 0 aliphatic carbocycles. The molecule has 0 atom stereocenters. The number of para-hydroxylation sites is 2. The third-order valence-electron chi connectivity index (χ3n) is 9.73. The van der Waals surface area contributed by atoms with Crippen LogP contribution in [0.4, 0.5) is 17.1 Å². The van der Waals surface area contributed by atoms with Crippen molar-refractivity contribution in [2.45, 2.75) is 26.2 Å². The van der Waals surface area contributed by atoms with Gasteiger partial charge in [-0.3, -0.25) is 0 Å². The van der Waals surface area contributed by atoms with Crippen LogP contribution in [0.15, 0.2) is 122 Å². The fourth-order valence-corrected chi connectivity index (χ4v) is 7.03. The van der Waals surface area contributed by atoms with Crippen LogP contribution >= 0.6 is 0 Å². The van der Waals surface area contributed by atoms with Gasteiger partial charge in [0.1, 0.15) is 5.82 Å². The second-order valence-corrected chi connectivity index (χ2v) is 14.1. The van der Waals surface area contributed by atoms with E-state index >= 15 is 0 Å². The van der Waals surface area contributed by atoms with Crippen LogP contribution in [0.5, 0.6) is 11.5 Å². The monoisotopic (exact) mass is 845 g/mol. The maximum absolute atomic E-state index is 6.69. The van der Waals surface area contributed by atoms with Crippen molar-refractivity contribution in [2.75, 3.05) is 16.8 Å². The van der Waals surface area contributed by atoms with Gasteiger partial charge in [-0.1, -0.05) is 80.9 Å². The van der Waals surface area contributed by atoms with Crippen molar-refractivity contribution < 1.29 is 25.8 Å². The summed E-state index contributed by atoms with van der Waals surface area (Å²) < 4.78 is 11.0. The van der Waals surface area contributed by atoms with E-state index in [1.165, 1.54) is 5.56 Å². The first-order chi connectivity index (χ1) is 24.2. The summed E-state index contributed by atoms with van der Waals surface area (Å²) in [6.45, 7) is 8.77. The first kappa shape index (κ1) is 32.9. The molecule has 7 heteroatoms. The van der Waals surface area contributed by atoms with Gasteiger partial charge < -0.3 is 23.7 Å². The van der Waals surface area contributed by atoms with E-state index in [2.05, 4.69) is 176 Å². The van der Waals surface area contributed by atoms with Crippen LogP contribution in [0.3, 0.4) is 0 Å². The van der Waals surface area contributed by atoms with Crippen LogP contribution in [0.25, 0.3) is 49.7 Å². The molecule has 0 fully saturated rings. The van der Waals surface area contributed by atoms with Gasteiger partial charge in [-0.2, -0.15) is 12.7 Å². The number of fused-ring (bicyclic) bond motifs is 5. The van der Waals surface area contributed by atoms with Gasteiger partial charge >= 0.3 is 0 Å². The number of aryl methyl sites for hydroxylation is 1. The molecule has 51 heavy (non-hydrogen) atoms. The van der Waals surface area contributed by atoms with Crippen molar-refractivity contribution in [1.82, 2.24) is 14.1 Å². The van der Waals surface area contributed by atoms with Gasteiger partial charge in [0.2, 0.25) is 0 Å². The van der Waals surface area contributed by atoms with E-state index in [9.17, 15) is 0 Å². The smallest absolute Gasteiger partial charge is 0.137 e. The fourth-order valence-electron chi connectivity index (χ4n) is 7.03.